The Kier molecular flexibility index (Phi) is 9.52. The molecule has 1 N–H and O–H groups in total. The van der Waals surface area contributed by atoms with E-state index in [2.05, 4.69) is 54.0 Å². The maximum Gasteiger partial charge on any atom is 0.0793 e. The van der Waals surface area contributed by atoms with Crippen LogP contribution < -0.4 is 0 Å². The van der Waals surface area contributed by atoms with Crippen LogP contribution in [0.5, 0.6) is 0 Å². The van der Waals surface area contributed by atoms with Gasteiger partial charge in [-0.25, -0.2) is 0 Å². The van der Waals surface area contributed by atoms with Gasteiger partial charge in [0.1, 0.15) is 0 Å². The Morgan fingerprint density at radius 1 is 1.04 bits per heavy atom. The maximum atomic E-state index is 10.6. The molecule has 1 heterocycles. The van der Waals surface area contributed by atoms with Gasteiger partial charge in [-0.1, -0.05) is 57.0 Å². The van der Waals surface area contributed by atoms with E-state index in [9.17, 15) is 5.11 Å². The van der Waals surface area contributed by atoms with E-state index >= 15 is 0 Å². The van der Waals surface area contributed by atoms with Gasteiger partial charge in [0.05, 0.1) is 6.10 Å². The SMILES string of the molecule is CCCCN(CCCC)CC(O)CN1CCC(c2ccccc2)CC1. The second-order valence-corrected chi connectivity index (χ2v) is 7.65. The van der Waals surface area contributed by atoms with Crippen LogP contribution in [0.4, 0.5) is 0 Å². The fraction of sp³-hybridized carbons (Fsp3) is 0.727. The number of β-amino-alcohol motifs (C(OH)–C–C–N with tert-alkyl or cyclic N) is 1. The Morgan fingerprint density at radius 3 is 2.20 bits per heavy atom. The summed E-state index contributed by atoms with van der Waals surface area (Å²) < 4.78 is 0. The molecule has 0 spiro atoms. The van der Waals surface area contributed by atoms with E-state index in [1.807, 2.05) is 0 Å². The normalized spacial score (nSPS) is 17.9. The van der Waals surface area contributed by atoms with Gasteiger partial charge in [0, 0.05) is 13.1 Å². The number of unbranched alkanes of at least 4 members (excludes halogenated alkanes) is 2. The molecule has 0 bridgehead atoms. The number of hydrogen-bond acceptors (Lipinski definition) is 3. The first-order valence-electron chi connectivity index (χ1n) is 10.4. The largest absolute Gasteiger partial charge is 0.390 e. The fourth-order valence-corrected chi connectivity index (χ4v) is 3.89. The summed E-state index contributed by atoms with van der Waals surface area (Å²) in [6.07, 6.45) is 7.13. The van der Waals surface area contributed by atoms with Crippen molar-refractivity contribution in [2.75, 3.05) is 39.3 Å². The molecule has 1 aromatic rings. The van der Waals surface area contributed by atoms with Crippen molar-refractivity contribution in [3.63, 3.8) is 0 Å². The van der Waals surface area contributed by atoms with E-state index in [1.165, 1.54) is 44.1 Å². The van der Waals surface area contributed by atoms with Crippen LogP contribution in [0.3, 0.4) is 0 Å². The van der Waals surface area contributed by atoms with Crippen molar-refractivity contribution >= 4 is 0 Å². The highest BCUT2D eigenvalue weighted by Gasteiger charge is 2.22. The molecule has 1 saturated heterocycles. The highest BCUT2D eigenvalue weighted by Crippen LogP contribution is 2.27. The average Bonchev–Trinajstić information content (AvgIpc) is 2.65. The summed E-state index contributed by atoms with van der Waals surface area (Å²) in [5, 5.41) is 10.6. The van der Waals surface area contributed by atoms with Gasteiger partial charge in [-0.3, -0.25) is 0 Å². The number of benzene rings is 1. The Balaban J connectivity index is 1.72. The van der Waals surface area contributed by atoms with E-state index in [0.717, 1.165) is 39.3 Å². The summed E-state index contributed by atoms with van der Waals surface area (Å²) in [5.74, 6) is 0.695. The molecule has 2 rings (SSSR count). The highest BCUT2D eigenvalue weighted by molar-refractivity contribution is 5.20. The van der Waals surface area contributed by atoms with Crippen LogP contribution in [0.15, 0.2) is 30.3 Å². The van der Waals surface area contributed by atoms with Crippen molar-refractivity contribution in [1.29, 1.82) is 0 Å². The Labute approximate surface area is 155 Å². The topological polar surface area (TPSA) is 26.7 Å². The predicted molar refractivity (Wildman–Crippen MR) is 107 cm³/mol. The molecule has 0 aliphatic carbocycles. The van der Waals surface area contributed by atoms with Crippen LogP contribution in [-0.2, 0) is 0 Å². The van der Waals surface area contributed by atoms with Gasteiger partial charge < -0.3 is 14.9 Å². The smallest absolute Gasteiger partial charge is 0.0793 e. The number of piperidine rings is 1. The van der Waals surface area contributed by atoms with Gasteiger partial charge in [-0.05, 0) is 63.3 Å². The van der Waals surface area contributed by atoms with Gasteiger partial charge in [-0.15, -0.1) is 0 Å². The van der Waals surface area contributed by atoms with Crippen molar-refractivity contribution in [2.45, 2.75) is 64.4 Å². The second-order valence-electron chi connectivity index (χ2n) is 7.65. The Bertz CT molecular complexity index is 435. The fourth-order valence-electron chi connectivity index (χ4n) is 3.89. The lowest BCUT2D eigenvalue weighted by Crippen LogP contribution is -2.43. The van der Waals surface area contributed by atoms with Gasteiger partial charge in [0.15, 0.2) is 0 Å². The van der Waals surface area contributed by atoms with Crippen LogP contribution in [0.1, 0.15) is 63.9 Å². The van der Waals surface area contributed by atoms with Gasteiger partial charge in [0.25, 0.3) is 0 Å². The van der Waals surface area contributed by atoms with Gasteiger partial charge >= 0.3 is 0 Å². The Hall–Kier alpha value is -0.900. The molecule has 0 radical (unpaired) electrons. The van der Waals surface area contributed by atoms with Crippen molar-refractivity contribution in [3.8, 4) is 0 Å². The molecule has 3 heteroatoms. The minimum Gasteiger partial charge on any atom is -0.390 e. The summed E-state index contributed by atoms with van der Waals surface area (Å²) in [4.78, 5) is 4.93. The molecule has 0 aromatic heterocycles. The molecule has 1 unspecified atom stereocenters. The lowest BCUT2D eigenvalue weighted by molar-refractivity contribution is 0.0636. The van der Waals surface area contributed by atoms with Crippen LogP contribution in [-0.4, -0.2) is 60.3 Å². The number of hydrogen-bond donors (Lipinski definition) is 1. The molecule has 142 valence electrons. The van der Waals surface area contributed by atoms with Crippen LogP contribution in [0.2, 0.25) is 0 Å². The standard InChI is InChI=1S/C22H38N2O/c1-3-5-14-23(15-6-4-2)18-22(25)19-24-16-12-21(13-17-24)20-10-8-7-9-11-20/h7-11,21-22,25H,3-6,12-19H2,1-2H3. The first kappa shape index (κ1) is 20.4. The molecule has 0 saturated carbocycles. The summed E-state index contributed by atoms with van der Waals surface area (Å²) in [6, 6.07) is 10.9. The minimum absolute atomic E-state index is 0.220. The first-order valence-corrected chi connectivity index (χ1v) is 10.4. The van der Waals surface area contributed by atoms with E-state index in [4.69, 9.17) is 0 Å². The molecule has 0 amide bonds. The zero-order valence-corrected chi connectivity index (χ0v) is 16.4. The molecular weight excluding hydrogens is 308 g/mol. The van der Waals surface area contributed by atoms with Crippen molar-refractivity contribution in [2.24, 2.45) is 0 Å². The maximum absolute atomic E-state index is 10.6. The molecule has 1 aliphatic rings. The zero-order valence-electron chi connectivity index (χ0n) is 16.4. The van der Waals surface area contributed by atoms with E-state index in [1.54, 1.807) is 0 Å². The zero-order chi connectivity index (χ0) is 17.9. The number of nitrogens with zero attached hydrogens (tertiary/aromatic N) is 2. The van der Waals surface area contributed by atoms with Gasteiger partial charge in [-0.2, -0.15) is 0 Å². The first-order chi connectivity index (χ1) is 12.2. The molecule has 1 fully saturated rings. The predicted octanol–water partition coefficient (Wildman–Crippen LogP) is 4.13. The summed E-state index contributed by atoms with van der Waals surface area (Å²) in [6.45, 7) is 10.6. The summed E-state index contributed by atoms with van der Waals surface area (Å²) >= 11 is 0. The van der Waals surface area contributed by atoms with Crippen molar-refractivity contribution < 1.29 is 5.11 Å². The summed E-state index contributed by atoms with van der Waals surface area (Å²) in [7, 11) is 0. The number of likely N-dealkylation sites (tertiary alicyclic amines) is 1. The number of aliphatic hydroxyl groups excluding tert-OH is 1. The third-order valence-electron chi connectivity index (χ3n) is 5.45. The third kappa shape index (κ3) is 7.47. The minimum atomic E-state index is -0.220. The number of aliphatic hydroxyl groups is 1. The number of rotatable bonds is 11. The third-order valence-corrected chi connectivity index (χ3v) is 5.45. The molecular formula is C22H38N2O. The van der Waals surface area contributed by atoms with Crippen LogP contribution in [0, 0.1) is 0 Å². The van der Waals surface area contributed by atoms with Crippen molar-refractivity contribution in [3.05, 3.63) is 35.9 Å². The van der Waals surface area contributed by atoms with E-state index < -0.39 is 0 Å². The monoisotopic (exact) mass is 346 g/mol. The molecule has 1 atom stereocenters. The van der Waals surface area contributed by atoms with Crippen molar-refractivity contribution in [1.82, 2.24) is 9.80 Å². The average molecular weight is 347 g/mol. The molecule has 3 nitrogen and oxygen atoms in total. The lowest BCUT2D eigenvalue weighted by Gasteiger charge is -2.34. The van der Waals surface area contributed by atoms with E-state index in [0.29, 0.717) is 5.92 Å². The van der Waals surface area contributed by atoms with E-state index in [-0.39, 0.29) is 6.10 Å². The Morgan fingerprint density at radius 2 is 1.64 bits per heavy atom. The van der Waals surface area contributed by atoms with Crippen LogP contribution >= 0.6 is 0 Å². The molecule has 1 aliphatic heterocycles. The molecule has 1 aromatic carbocycles. The van der Waals surface area contributed by atoms with Gasteiger partial charge in [0.2, 0.25) is 0 Å². The van der Waals surface area contributed by atoms with Crippen LogP contribution in [0.25, 0.3) is 0 Å². The second kappa shape index (κ2) is 11.7. The quantitative estimate of drug-likeness (QED) is 0.653. The molecule has 25 heavy (non-hydrogen) atoms. The lowest BCUT2D eigenvalue weighted by atomic mass is 9.89. The highest BCUT2D eigenvalue weighted by atomic mass is 16.3. The summed E-state index contributed by atoms with van der Waals surface area (Å²) in [5.41, 5.74) is 1.48.